The Bertz CT molecular complexity index is 369. The second-order valence-electron chi connectivity index (χ2n) is 4.17. The summed E-state index contributed by atoms with van der Waals surface area (Å²) in [5.41, 5.74) is 2.06. The summed E-state index contributed by atoms with van der Waals surface area (Å²) in [6.45, 7) is 3.45. The van der Waals surface area contributed by atoms with Gasteiger partial charge in [-0.15, -0.1) is 0 Å². The third-order valence-electron chi connectivity index (χ3n) is 3.16. The Morgan fingerprint density at radius 1 is 1.20 bits per heavy atom. The van der Waals surface area contributed by atoms with Crippen LogP contribution in [0, 0.1) is 18.3 Å². The quantitative estimate of drug-likeness (QED) is 0.699. The van der Waals surface area contributed by atoms with E-state index in [2.05, 4.69) is 37.3 Å². The lowest BCUT2D eigenvalue weighted by Gasteiger charge is -2.31. The Kier molecular flexibility index (Phi) is 2.75. The van der Waals surface area contributed by atoms with Crippen molar-refractivity contribution in [2.45, 2.75) is 25.2 Å². The highest BCUT2D eigenvalue weighted by Gasteiger charge is 2.34. The SMILES string of the molecule is Cc1ccc(C2(C#N)CCOCC2)cc1. The Morgan fingerprint density at radius 3 is 2.33 bits per heavy atom. The van der Waals surface area contributed by atoms with Gasteiger partial charge in [-0.1, -0.05) is 29.8 Å². The normalized spacial score (nSPS) is 19.5. The van der Waals surface area contributed by atoms with Crippen molar-refractivity contribution >= 4 is 0 Å². The maximum Gasteiger partial charge on any atom is 0.0866 e. The van der Waals surface area contributed by atoms with Crippen molar-refractivity contribution in [3.8, 4) is 6.07 Å². The van der Waals surface area contributed by atoms with Crippen LogP contribution in [0.3, 0.4) is 0 Å². The van der Waals surface area contributed by atoms with Crippen LogP contribution in [-0.4, -0.2) is 13.2 Å². The fourth-order valence-corrected chi connectivity index (χ4v) is 2.06. The first-order valence-electron chi connectivity index (χ1n) is 5.33. The highest BCUT2D eigenvalue weighted by Crippen LogP contribution is 2.34. The first-order valence-corrected chi connectivity index (χ1v) is 5.33. The number of nitriles is 1. The molecule has 0 amide bonds. The van der Waals surface area contributed by atoms with E-state index in [1.165, 1.54) is 5.56 Å². The molecule has 0 atom stereocenters. The molecule has 1 aromatic rings. The molecule has 78 valence electrons. The van der Waals surface area contributed by atoms with E-state index in [0.29, 0.717) is 13.2 Å². The summed E-state index contributed by atoms with van der Waals surface area (Å²) in [7, 11) is 0. The molecule has 0 aromatic heterocycles. The van der Waals surface area contributed by atoms with Crippen molar-refractivity contribution in [1.29, 1.82) is 5.26 Å². The molecular weight excluding hydrogens is 186 g/mol. The zero-order valence-electron chi connectivity index (χ0n) is 8.99. The van der Waals surface area contributed by atoms with Crippen molar-refractivity contribution in [3.05, 3.63) is 35.4 Å². The molecule has 1 saturated heterocycles. The lowest BCUT2D eigenvalue weighted by Crippen LogP contribution is -2.32. The number of rotatable bonds is 1. The zero-order chi connectivity index (χ0) is 10.7. The second-order valence-corrected chi connectivity index (χ2v) is 4.17. The number of hydrogen-bond acceptors (Lipinski definition) is 2. The molecule has 1 fully saturated rings. The van der Waals surface area contributed by atoms with E-state index in [1.54, 1.807) is 0 Å². The third-order valence-corrected chi connectivity index (χ3v) is 3.16. The Hall–Kier alpha value is -1.33. The Morgan fingerprint density at radius 2 is 1.80 bits per heavy atom. The first-order chi connectivity index (χ1) is 7.27. The molecule has 2 rings (SSSR count). The van der Waals surface area contributed by atoms with Gasteiger partial charge in [0.15, 0.2) is 0 Å². The molecule has 1 aliphatic heterocycles. The van der Waals surface area contributed by atoms with Gasteiger partial charge in [0, 0.05) is 13.2 Å². The molecule has 0 spiro atoms. The van der Waals surface area contributed by atoms with Gasteiger partial charge in [-0.05, 0) is 25.3 Å². The molecule has 1 heterocycles. The van der Waals surface area contributed by atoms with E-state index < -0.39 is 0 Å². The highest BCUT2D eigenvalue weighted by molar-refractivity contribution is 5.34. The van der Waals surface area contributed by atoms with Gasteiger partial charge >= 0.3 is 0 Å². The van der Waals surface area contributed by atoms with Crippen molar-refractivity contribution < 1.29 is 4.74 Å². The minimum Gasteiger partial charge on any atom is -0.381 e. The molecule has 1 aromatic carbocycles. The van der Waals surface area contributed by atoms with Gasteiger partial charge in [0.2, 0.25) is 0 Å². The van der Waals surface area contributed by atoms with Crippen LogP contribution in [0.4, 0.5) is 0 Å². The molecule has 0 bridgehead atoms. The summed E-state index contributed by atoms with van der Waals surface area (Å²) in [4.78, 5) is 0. The minimum atomic E-state index is -0.314. The first kappa shape index (κ1) is 10.2. The Labute approximate surface area is 90.5 Å². The van der Waals surface area contributed by atoms with Crippen LogP contribution in [0.2, 0.25) is 0 Å². The number of ether oxygens (including phenoxy) is 1. The Balaban J connectivity index is 2.33. The summed E-state index contributed by atoms with van der Waals surface area (Å²) in [5.74, 6) is 0. The lowest BCUT2D eigenvalue weighted by molar-refractivity contribution is 0.0675. The predicted molar refractivity (Wildman–Crippen MR) is 58.5 cm³/mol. The van der Waals surface area contributed by atoms with E-state index >= 15 is 0 Å². The van der Waals surface area contributed by atoms with Gasteiger partial charge in [-0.25, -0.2) is 0 Å². The summed E-state index contributed by atoms with van der Waals surface area (Å²) in [6, 6.07) is 10.8. The van der Waals surface area contributed by atoms with Crippen molar-refractivity contribution in [1.82, 2.24) is 0 Å². The van der Waals surface area contributed by atoms with Crippen molar-refractivity contribution in [3.63, 3.8) is 0 Å². The van der Waals surface area contributed by atoms with E-state index in [1.807, 2.05) is 0 Å². The number of nitrogens with zero attached hydrogens (tertiary/aromatic N) is 1. The van der Waals surface area contributed by atoms with E-state index in [4.69, 9.17) is 4.74 Å². The maximum atomic E-state index is 9.36. The fourth-order valence-electron chi connectivity index (χ4n) is 2.06. The lowest BCUT2D eigenvalue weighted by atomic mass is 9.75. The van der Waals surface area contributed by atoms with Crippen LogP contribution >= 0.6 is 0 Å². The monoisotopic (exact) mass is 201 g/mol. The van der Waals surface area contributed by atoms with Gasteiger partial charge in [0.1, 0.15) is 0 Å². The second kappa shape index (κ2) is 4.04. The molecule has 15 heavy (non-hydrogen) atoms. The molecule has 1 aliphatic rings. The van der Waals surface area contributed by atoms with Gasteiger partial charge in [0.25, 0.3) is 0 Å². The van der Waals surface area contributed by atoms with Crippen molar-refractivity contribution in [2.24, 2.45) is 0 Å². The average Bonchev–Trinajstić information content (AvgIpc) is 2.31. The smallest absolute Gasteiger partial charge is 0.0866 e. The minimum absolute atomic E-state index is 0.314. The summed E-state index contributed by atoms with van der Waals surface area (Å²) < 4.78 is 5.32. The molecule has 0 aliphatic carbocycles. The van der Waals surface area contributed by atoms with Crippen LogP contribution in [-0.2, 0) is 10.2 Å². The summed E-state index contributed by atoms with van der Waals surface area (Å²) in [5, 5.41) is 9.36. The van der Waals surface area contributed by atoms with Crippen LogP contribution in [0.15, 0.2) is 24.3 Å². The number of aryl methyl sites for hydroxylation is 1. The summed E-state index contributed by atoms with van der Waals surface area (Å²) in [6.07, 6.45) is 1.62. The predicted octanol–water partition coefficient (Wildman–Crippen LogP) is 2.57. The number of benzene rings is 1. The van der Waals surface area contributed by atoms with E-state index in [-0.39, 0.29) is 5.41 Å². The highest BCUT2D eigenvalue weighted by atomic mass is 16.5. The molecule has 2 nitrogen and oxygen atoms in total. The topological polar surface area (TPSA) is 33.0 Å². The standard InChI is InChI=1S/C13H15NO/c1-11-2-4-12(5-3-11)13(10-14)6-8-15-9-7-13/h2-5H,6-9H2,1H3. The van der Waals surface area contributed by atoms with Crippen molar-refractivity contribution in [2.75, 3.05) is 13.2 Å². The van der Waals surface area contributed by atoms with E-state index in [9.17, 15) is 5.26 Å². The molecule has 0 N–H and O–H groups in total. The van der Waals surface area contributed by atoms with Crippen LogP contribution < -0.4 is 0 Å². The fraction of sp³-hybridized carbons (Fsp3) is 0.462. The molecule has 0 radical (unpaired) electrons. The molecule has 2 heteroatoms. The molecule has 0 saturated carbocycles. The van der Waals surface area contributed by atoms with Crippen LogP contribution in [0.25, 0.3) is 0 Å². The van der Waals surface area contributed by atoms with Crippen LogP contribution in [0.5, 0.6) is 0 Å². The van der Waals surface area contributed by atoms with Gasteiger partial charge < -0.3 is 4.74 Å². The molecule has 0 unspecified atom stereocenters. The average molecular weight is 201 g/mol. The summed E-state index contributed by atoms with van der Waals surface area (Å²) >= 11 is 0. The number of hydrogen-bond donors (Lipinski definition) is 0. The van der Waals surface area contributed by atoms with Crippen LogP contribution in [0.1, 0.15) is 24.0 Å². The van der Waals surface area contributed by atoms with Gasteiger partial charge in [0.05, 0.1) is 11.5 Å². The van der Waals surface area contributed by atoms with Gasteiger partial charge in [-0.3, -0.25) is 0 Å². The zero-order valence-corrected chi connectivity index (χ0v) is 8.99. The maximum absolute atomic E-state index is 9.36. The largest absolute Gasteiger partial charge is 0.381 e. The van der Waals surface area contributed by atoms with E-state index in [0.717, 1.165) is 18.4 Å². The van der Waals surface area contributed by atoms with Gasteiger partial charge in [-0.2, -0.15) is 5.26 Å². The molecular formula is C13H15NO. The third kappa shape index (κ3) is 1.88.